The van der Waals surface area contributed by atoms with Crippen LogP contribution in [0.3, 0.4) is 0 Å². The molecule has 0 saturated heterocycles. The van der Waals surface area contributed by atoms with Gasteiger partial charge in [-0.25, -0.2) is 0 Å². The second kappa shape index (κ2) is 7.97. The molecule has 0 N–H and O–H groups in total. The van der Waals surface area contributed by atoms with E-state index in [1.807, 2.05) is 0 Å². The van der Waals surface area contributed by atoms with Crippen molar-refractivity contribution in [3.05, 3.63) is 72.1 Å². The van der Waals surface area contributed by atoms with Crippen LogP contribution in [0.15, 0.2) is 72.1 Å². The van der Waals surface area contributed by atoms with Crippen LogP contribution in [-0.4, -0.2) is 32.1 Å². The first-order chi connectivity index (χ1) is 11.7. The highest BCUT2D eigenvalue weighted by molar-refractivity contribution is 7.05. The smallest absolute Gasteiger partial charge is 0.321 e. The van der Waals surface area contributed by atoms with E-state index >= 15 is 0 Å². The molecule has 0 aliphatic heterocycles. The minimum absolute atomic E-state index is 1.27. The highest BCUT2D eigenvalue weighted by atomic mass is 28.4. The molecule has 0 atom stereocenters. The van der Waals surface area contributed by atoms with E-state index in [0.717, 1.165) is 0 Å². The number of hydrogen-bond acceptors (Lipinski definition) is 2. The highest BCUT2D eigenvalue weighted by Gasteiger charge is 2.43. The van der Waals surface area contributed by atoms with Crippen LogP contribution in [0.4, 0.5) is 0 Å². The summed E-state index contributed by atoms with van der Waals surface area (Å²) in [4.78, 5) is 0. The van der Waals surface area contributed by atoms with E-state index in [2.05, 4.69) is 105 Å². The summed E-state index contributed by atoms with van der Waals surface area (Å²) in [5, 5.41) is 2.54. The van der Waals surface area contributed by atoms with Gasteiger partial charge in [0.15, 0.2) is 0 Å². The molecule has 0 fully saturated rings. The quantitative estimate of drug-likeness (QED) is 0.668. The van der Waals surface area contributed by atoms with Gasteiger partial charge in [0.1, 0.15) is 0 Å². The van der Waals surface area contributed by atoms with Gasteiger partial charge >= 0.3 is 8.56 Å². The van der Waals surface area contributed by atoms with Crippen LogP contribution in [0.25, 0.3) is 0 Å². The zero-order valence-electron chi connectivity index (χ0n) is 16.2. The Labute approximate surface area is 155 Å². The second-order valence-electron chi connectivity index (χ2n) is 7.87. The molecule has 0 radical (unpaired) electrons. The average Bonchev–Trinajstić information content (AvgIpc) is 2.59. The van der Waals surface area contributed by atoms with Crippen molar-refractivity contribution in [2.75, 3.05) is 7.11 Å². The standard InChI is InChI=1S/C20H30O2Si3/c1-21-24(5,6)22-25(18-17-23(2,3)4,19-13-9-7-10-14-19)20-15-11-8-12-16-20/h7-18H,1-6H3. The molecule has 0 aliphatic rings. The summed E-state index contributed by atoms with van der Waals surface area (Å²) in [7, 11) is -4.37. The Hall–Kier alpha value is -1.25. The van der Waals surface area contributed by atoms with Gasteiger partial charge in [0, 0.05) is 7.11 Å². The van der Waals surface area contributed by atoms with Crippen molar-refractivity contribution in [1.82, 2.24) is 0 Å². The Morgan fingerprint density at radius 3 is 1.48 bits per heavy atom. The Kier molecular flexibility index (Phi) is 6.40. The van der Waals surface area contributed by atoms with Gasteiger partial charge in [-0.1, -0.05) is 91.7 Å². The van der Waals surface area contributed by atoms with Gasteiger partial charge in [0.25, 0.3) is 8.32 Å². The third-order valence-corrected chi connectivity index (χ3v) is 12.9. The van der Waals surface area contributed by atoms with Gasteiger partial charge in [-0.2, -0.15) is 0 Å². The third kappa shape index (κ3) is 5.36. The molecule has 0 spiro atoms. The summed E-state index contributed by atoms with van der Waals surface area (Å²) in [6.07, 6.45) is 0. The van der Waals surface area contributed by atoms with E-state index < -0.39 is 25.0 Å². The average molecular weight is 387 g/mol. The fourth-order valence-electron chi connectivity index (χ4n) is 2.68. The predicted molar refractivity (Wildman–Crippen MR) is 116 cm³/mol. The molecule has 0 bridgehead atoms. The van der Waals surface area contributed by atoms with Crippen LogP contribution < -0.4 is 10.4 Å². The first kappa shape index (κ1) is 20.1. The Bertz CT molecular complexity index is 652. The van der Waals surface area contributed by atoms with Crippen LogP contribution >= 0.6 is 0 Å². The molecule has 0 heterocycles. The molecule has 0 aromatic heterocycles. The van der Waals surface area contributed by atoms with Gasteiger partial charge in [0.2, 0.25) is 0 Å². The maximum Gasteiger partial charge on any atom is 0.321 e. The van der Waals surface area contributed by atoms with E-state index in [9.17, 15) is 0 Å². The molecule has 134 valence electrons. The minimum atomic E-state index is -2.52. The Balaban J connectivity index is 2.71. The van der Waals surface area contributed by atoms with Crippen LogP contribution in [0, 0.1) is 0 Å². The Morgan fingerprint density at radius 2 is 1.12 bits per heavy atom. The van der Waals surface area contributed by atoms with Gasteiger partial charge < -0.3 is 8.54 Å². The maximum absolute atomic E-state index is 6.93. The molecular weight excluding hydrogens is 356 g/mol. The summed E-state index contributed by atoms with van der Waals surface area (Å²) in [5.41, 5.74) is 4.83. The van der Waals surface area contributed by atoms with Crippen LogP contribution in [0.1, 0.15) is 0 Å². The summed E-state index contributed by atoms with van der Waals surface area (Å²) in [5.74, 6) is 0. The van der Waals surface area contributed by atoms with Crippen LogP contribution in [-0.2, 0) is 8.54 Å². The third-order valence-electron chi connectivity index (χ3n) is 4.12. The molecule has 0 amide bonds. The molecular formula is C20H30O2Si3. The highest BCUT2D eigenvalue weighted by Crippen LogP contribution is 2.19. The minimum Gasteiger partial charge on any atom is -0.425 e. The Morgan fingerprint density at radius 1 is 0.680 bits per heavy atom. The lowest BCUT2D eigenvalue weighted by Crippen LogP contribution is -2.64. The van der Waals surface area contributed by atoms with E-state index in [1.165, 1.54) is 10.4 Å². The predicted octanol–water partition coefficient (Wildman–Crippen LogP) is 4.08. The van der Waals surface area contributed by atoms with E-state index in [-0.39, 0.29) is 0 Å². The normalized spacial score (nSPS) is 13.4. The SMILES string of the molecule is CO[Si](C)(C)O[Si](C=C[Si](C)(C)C)(c1ccccc1)c1ccccc1. The number of hydrogen-bond donors (Lipinski definition) is 0. The lowest BCUT2D eigenvalue weighted by atomic mass is 10.4. The van der Waals surface area contributed by atoms with Gasteiger partial charge in [0.05, 0.1) is 8.07 Å². The fraction of sp³-hybridized carbons (Fsp3) is 0.300. The molecule has 0 saturated carbocycles. The van der Waals surface area contributed by atoms with Crippen molar-refractivity contribution < 1.29 is 8.54 Å². The first-order valence-electron chi connectivity index (χ1n) is 8.75. The van der Waals surface area contributed by atoms with Gasteiger partial charge in [-0.05, 0) is 23.5 Å². The molecule has 2 nitrogen and oxygen atoms in total. The zero-order chi connectivity index (χ0) is 18.6. The van der Waals surface area contributed by atoms with Crippen LogP contribution in [0.2, 0.25) is 32.7 Å². The summed E-state index contributed by atoms with van der Waals surface area (Å²) >= 11 is 0. The molecule has 5 heteroatoms. The van der Waals surface area contributed by atoms with Crippen molar-refractivity contribution >= 4 is 35.3 Å². The van der Waals surface area contributed by atoms with E-state index in [0.29, 0.717) is 0 Å². The molecule has 2 rings (SSSR count). The zero-order valence-corrected chi connectivity index (χ0v) is 19.2. The van der Waals surface area contributed by atoms with Crippen molar-refractivity contribution in [3.63, 3.8) is 0 Å². The van der Waals surface area contributed by atoms with Crippen molar-refractivity contribution in [1.29, 1.82) is 0 Å². The first-order valence-corrected chi connectivity index (χ1v) is 17.1. The molecule has 0 unspecified atom stereocenters. The number of benzene rings is 2. The molecule has 25 heavy (non-hydrogen) atoms. The van der Waals surface area contributed by atoms with Crippen molar-refractivity contribution in [2.45, 2.75) is 32.7 Å². The number of rotatable bonds is 7. The molecule has 2 aromatic rings. The van der Waals surface area contributed by atoms with Crippen molar-refractivity contribution in [3.8, 4) is 0 Å². The van der Waals surface area contributed by atoms with Gasteiger partial charge in [-0.15, -0.1) is 0 Å². The van der Waals surface area contributed by atoms with E-state index in [1.54, 1.807) is 7.11 Å². The monoisotopic (exact) mass is 386 g/mol. The maximum atomic E-state index is 6.93. The topological polar surface area (TPSA) is 18.5 Å². The second-order valence-corrected chi connectivity index (χ2v) is 19.9. The van der Waals surface area contributed by atoms with Crippen LogP contribution in [0.5, 0.6) is 0 Å². The molecule has 0 aliphatic carbocycles. The lowest BCUT2D eigenvalue weighted by molar-refractivity contribution is 0.316. The molecule has 2 aromatic carbocycles. The summed E-state index contributed by atoms with van der Waals surface area (Å²) in [6, 6.07) is 21.4. The summed E-state index contributed by atoms with van der Waals surface area (Å²) in [6.45, 7) is 11.3. The van der Waals surface area contributed by atoms with E-state index in [4.69, 9.17) is 8.54 Å². The fourth-order valence-corrected chi connectivity index (χ4v) is 12.4. The summed E-state index contributed by atoms with van der Waals surface area (Å²) < 4.78 is 12.7. The lowest BCUT2D eigenvalue weighted by Gasteiger charge is -2.37. The largest absolute Gasteiger partial charge is 0.425 e. The van der Waals surface area contributed by atoms with Crippen molar-refractivity contribution in [2.24, 2.45) is 0 Å². The van der Waals surface area contributed by atoms with Gasteiger partial charge in [-0.3, -0.25) is 0 Å².